The summed E-state index contributed by atoms with van der Waals surface area (Å²) in [5, 5.41) is 2.46. The first kappa shape index (κ1) is 33.4. The van der Waals surface area contributed by atoms with Gasteiger partial charge in [-0.05, 0) is 114 Å². The predicted octanol–water partition coefficient (Wildman–Crippen LogP) is 14.3. The monoisotopic (exact) mass is 707 g/mol. The van der Waals surface area contributed by atoms with Gasteiger partial charge in [0.25, 0.3) is 0 Å². The highest BCUT2D eigenvalue weighted by Crippen LogP contribution is 2.63. The first-order valence-electron chi connectivity index (χ1n) is 19.6. The van der Waals surface area contributed by atoms with Gasteiger partial charge in [0.2, 0.25) is 0 Å². The van der Waals surface area contributed by atoms with Crippen molar-refractivity contribution in [2.24, 2.45) is 0 Å². The minimum atomic E-state index is -0.489. The molecule has 1 nitrogen and oxygen atoms in total. The predicted molar refractivity (Wildman–Crippen MR) is 232 cm³/mol. The number of hydrogen-bond donors (Lipinski definition) is 0. The van der Waals surface area contributed by atoms with Crippen LogP contribution in [0.25, 0.3) is 33.0 Å². The molecule has 266 valence electrons. The van der Waals surface area contributed by atoms with E-state index in [9.17, 15) is 0 Å². The molecule has 0 amide bonds. The van der Waals surface area contributed by atoms with Gasteiger partial charge in [-0.1, -0.05) is 180 Å². The number of anilines is 3. The Bertz CT molecular complexity index is 2760. The third kappa shape index (κ3) is 4.92. The summed E-state index contributed by atoms with van der Waals surface area (Å²) in [5.74, 6) is 0. The maximum atomic E-state index is 2.53. The Morgan fingerprint density at radius 3 is 1.73 bits per heavy atom. The lowest BCUT2D eigenvalue weighted by atomic mass is 9.55. The maximum absolute atomic E-state index is 2.53. The molecule has 1 atom stereocenters. The lowest BCUT2D eigenvalue weighted by molar-refractivity contribution is 0.561. The van der Waals surface area contributed by atoms with Crippen molar-refractivity contribution in [2.75, 3.05) is 4.90 Å². The van der Waals surface area contributed by atoms with Crippen molar-refractivity contribution >= 4 is 27.8 Å². The summed E-state index contributed by atoms with van der Waals surface area (Å²) < 4.78 is 0. The van der Waals surface area contributed by atoms with Gasteiger partial charge in [0.1, 0.15) is 0 Å². The quantitative estimate of drug-likeness (QED) is 0.176. The van der Waals surface area contributed by atoms with Crippen LogP contribution >= 0.6 is 0 Å². The molecule has 0 aromatic heterocycles. The molecule has 8 aromatic rings. The lowest BCUT2D eigenvalue weighted by Gasteiger charge is -2.47. The van der Waals surface area contributed by atoms with Crippen molar-refractivity contribution in [3.8, 4) is 22.3 Å². The molecule has 2 aliphatic rings. The van der Waals surface area contributed by atoms with E-state index < -0.39 is 5.41 Å². The second-order valence-electron chi connectivity index (χ2n) is 17.0. The summed E-state index contributed by atoms with van der Waals surface area (Å²) >= 11 is 0. The number of nitrogens with zero attached hydrogens (tertiary/aromatic N) is 1. The molecule has 0 radical (unpaired) electrons. The van der Waals surface area contributed by atoms with Gasteiger partial charge in [-0.3, -0.25) is 0 Å². The van der Waals surface area contributed by atoms with Crippen LogP contribution in [0.1, 0.15) is 73.6 Å². The molecule has 0 heterocycles. The minimum absolute atomic E-state index is 0.0269. The summed E-state index contributed by atoms with van der Waals surface area (Å²) in [6.45, 7) is 11.9. The summed E-state index contributed by atoms with van der Waals surface area (Å²) in [6.07, 6.45) is 0. The van der Waals surface area contributed by atoms with Crippen LogP contribution in [0.15, 0.2) is 182 Å². The molecule has 0 fully saturated rings. The second kappa shape index (κ2) is 12.2. The molecule has 0 aliphatic heterocycles. The summed E-state index contributed by atoms with van der Waals surface area (Å²) in [5.41, 5.74) is 17.5. The molecule has 8 aromatic carbocycles. The molecule has 0 saturated heterocycles. The first-order chi connectivity index (χ1) is 26.7. The molecule has 1 spiro atoms. The molecular weight excluding hydrogens is 663 g/mol. The smallest absolute Gasteiger partial charge is 0.0720 e. The molecule has 2 aliphatic carbocycles. The van der Waals surface area contributed by atoms with E-state index in [1.54, 1.807) is 0 Å². The largest absolute Gasteiger partial charge is 0.310 e. The topological polar surface area (TPSA) is 3.24 Å². The first-order valence-corrected chi connectivity index (χ1v) is 19.6. The highest BCUT2D eigenvalue weighted by atomic mass is 15.1. The van der Waals surface area contributed by atoms with Gasteiger partial charge in [-0.2, -0.15) is 0 Å². The molecule has 10 rings (SSSR count). The molecule has 0 N–H and O–H groups in total. The van der Waals surface area contributed by atoms with Gasteiger partial charge < -0.3 is 4.90 Å². The van der Waals surface area contributed by atoms with Gasteiger partial charge in [0.05, 0.1) is 5.41 Å². The fourth-order valence-electron chi connectivity index (χ4n) is 9.90. The number of hydrogen-bond acceptors (Lipinski definition) is 1. The van der Waals surface area contributed by atoms with Gasteiger partial charge in [0.15, 0.2) is 0 Å². The van der Waals surface area contributed by atoms with Crippen LogP contribution in [0, 0.1) is 0 Å². The zero-order valence-corrected chi connectivity index (χ0v) is 32.3. The Morgan fingerprint density at radius 2 is 0.964 bits per heavy atom. The lowest BCUT2D eigenvalue weighted by Crippen LogP contribution is -2.41. The standard InChI is InChI=1S/C54H45N/c1-52(2,3)48-24-15-25-49-51(48)43-20-11-12-21-44(43)54(49)47-23-14-13-22-45(47)53(4,5)46-33-32-42(35-50(46)54)55(41-31-28-37-18-9-10-19-39(37)34-41)40-29-26-38(27-30-40)36-16-7-6-8-17-36/h6-35H,1-5H3. The minimum Gasteiger partial charge on any atom is -0.310 e. The van der Waals surface area contributed by atoms with Crippen LogP contribution < -0.4 is 4.90 Å². The second-order valence-corrected chi connectivity index (χ2v) is 17.0. The number of fused-ring (bicyclic) bond motifs is 10. The maximum Gasteiger partial charge on any atom is 0.0720 e. The molecule has 1 unspecified atom stereocenters. The van der Waals surface area contributed by atoms with Crippen LogP contribution in [0.3, 0.4) is 0 Å². The van der Waals surface area contributed by atoms with Gasteiger partial charge in [0, 0.05) is 22.5 Å². The van der Waals surface area contributed by atoms with Gasteiger partial charge in [-0.25, -0.2) is 0 Å². The average Bonchev–Trinajstić information content (AvgIpc) is 3.51. The average molecular weight is 708 g/mol. The van der Waals surface area contributed by atoms with E-state index in [0.29, 0.717) is 0 Å². The van der Waals surface area contributed by atoms with E-state index in [2.05, 4.69) is 222 Å². The zero-order chi connectivity index (χ0) is 37.5. The van der Waals surface area contributed by atoms with Crippen molar-refractivity contribution in [2.45, 2.75) is 50.9 Å². The summed E-state index contributed by atoms with van der Waals surface area (Å²) in [4.78, 5) is 2.45. The summed E-state index contributed by atoms with van der Waals surface area (Å²) in [6, 6.07) is 68.1. The molecule has 0 bridgehead atoms. The van der Waals surface area contributed by atoms with Crippen LogP contribution in [-0.2, 0) is 16.2 Å². The van der Waals surface area contributed by atoms with E-state index in [-0.39, 0.29) is 10.8 Å². The Hall–Kier alpha value is -6.18. The van der Waals surface area contributed by atoms with Crippen molar-refractivity contribution in [1.29, 1.82) is 0 Å². The Labute approximate surface area is 325 Å². The summed E-state index contributed by atoms with van der Waals surface area (Å²) in [7, 11) is 0. The van der Waals surface area contributed by atoms with E-state index in [1.165, 1.54) is 72.0 Å². The van der Waals surface area contributed by atoms with E-state index in [0.717, 1.165) is 17.1 Å². The van der Waals surface area contributed by atoms with Crippen molar-refractivity contribution < 1.29 is 0 Å². The molecule has 1 heteroatoms. The van der Waals surface area contributed by atoms with Gasteiger partial charge >= 0.3 is 0 Å². The Balaban J connectivity index is 1.27. The molecule has 55 heavy (non-hydrogen) atoms. The highest BCUT2D eigenvalue weighted by Gasteiger charge is 2.54. The highest BCUT2D eigenvalue weighted by molar-refractivity contribution is 5.93. The van der Waals surface area contributed by atoms with E-state index in [4.69, 9.17) is 0 Å². The normalized spacial score (nSPS) is 16.3. The molecular formula is C54H45N. The van der Waals surface area contributed by atoms with Crippen LogP contribution in [0.5, 0.6) is 0 Å². The number of rotatable bonds is 4. The van der Waals surface area contributed by atoms with Crippen LogP contribution in [0.4, 0.5) is 17.1 Å². The van der Waals surface area contributed by atoms with Crippen molar-refractivity contribution in [3.05, 3.63) is 221 Å². The van der Waals surface area contributed by atoms with E-state index in [1.807, 2.05) is 0 Å². The van der Waals surface area contributed by atoms with Crippen molar-refractivity contribution in [1.82, 2.24) is 0 Å². The zero-order valence-electron chi connectivity index (χ0n) is 32.3. The van der Waals surface area contributed by atoms with Gasteiger partial charge in [-0.15, -0.1) is 0 Å². The van der Waals surface area contributed by atoms with E-state index >= 15 is 0 Å². The third-order valence-corrected chi connectivity index (χ3v) is 12.4. The fourth-order valence-corrected chi connectivity index (χ4v) is 9.90. The number of benzene rings is 8. The van der Waals surface area contributed by atoms with Crippen LogP contribution in [-0.4, -0.2) is 0 Å². The fraction of sp³-hybridized carbons (Fsp3) is 0.148. The molecule has 0 saturated carbocycles. The SMILES string of the molecule is CC(C)(C)c1cccc2c1-c1ccccc1C21c2ccccc2C(C)(C)c2ccc(N(c3ccc(-c4ccccc4)cc3)c3ccc4ccccc4c3)cc21. The van der Waals surface area contributed by atoms with Crippen molar-refractivity contribution in [3.63, 3.8) is 0 Å². The Morgan fingerprint density at radius 1 is 0.400 bits per heavy atom. The third-order valence-electron chi connectivity index (χ3n) is 12.4. The Kier molecular flexibility index (Phi) is 7.39. The van der Waals surface area contributed by atoms with Crippen LogP contribution in [0.2, 0.25) is 0 Å².